The summed E-state index contributed by atoms with van der Waals surface area (Å²) in [5.74, 6) is 0.994. The van der Waals surface area contributed by atoms with Gasteiger partial charge in [-0.2, -0.15) is 0 Å². The van der Waals surface area contributed by atoms with E-state index in [9.17, 15) is 0 Å². The Kier molecular flexibility index (Phi) is 6.14. The first-order chi connectivity index (χ1) is 10.3. The molecule has 0 aliphatic heterocycles. The predicted octanol–water partition coefficient (Wildman–Crippen LogP) is 5.32. The molecule has 0 atom stereocenters. The Labute approximate surface area is 128 Å². The van der Waals surface area contributed by atoms with Gasteiger partial charge in [0.25, 0.3) is 0 Å². The minimum absolute atomic E-state index is 0.284. The molecule has 0 heterocycles. The maximum absolute atomic E-state index is 6.22. The summed E-state index contributed by atoms with van der Waals surface area (Å²) in [6, 6.07) is 20.9. The third-order valence-corrected chi connectivity index (χ3v) is 3.63. The largest absolute Gasteiger partial charge is 0.561 e. The molecule has 108 valence electrons. The highest BCUT2D eigenvalue weighted by atomic mass is 16.4. The lowest BCUT2D eigenvalue weighted by molar-refractivity contribution is 0.522. The number of rotatable bonds is 7. The molecular formula is C19H23BO. The molecule has 0 aliphatic carbocycles. The van der Waals surface area contributed by atoms with E-state index in [0.717, 1.165) is 30.4 Å². The van der Waals surface area contributed by atoms with Gasteiger partial charge in [-0.25, -0.2) is 0 Å². The van der Waals surface area contributed by atoms with Crippen molar-refractivity contribution >= 4 is 12.7 Å². The molecule has 21 heavy (non-hydrogen) atoms. The molecule has 0 N–H and O–H groups in total. The number of hydrogen-bond acceptors (Lipinski definition) is 1. The maximum Gasteiger partial charge on any atom is 0.357 e. The van der Waals surface area contributed by atoms with E-state index in [0.29, 0.717) is 0 Å². The van der Waals surface area contributed by atoms with Crippen molar-refractivity contribution in [2.45, 2.75) is 32.9 Å². The van der Waals surface area contributed by atoms with Gasteiger partial charge in [0.2, 0.25) is 0 Å². The maximum atomic E-state index is 6.22. The smallest absolute Gasteiger partial charge is 0.357 e. The van der Waals surface area contributed by atoms with Crippen LogP contribution in [0, 0.1) is 0 Å². The third-order valence-electron chi connectivity index (χ3n) is 3.63. The molecule has 0 aromatic heterocycles. The van der Waals surface area contributed by atoms with Crippen LogP contribution in [0.3, 0.4) is 0 Å². The third kappa shape index (κ3) is 4.82. The van der Waals surface area contributed by atoms with Crippen molar-refractivity contribution in [1.29, 1.82) is 0 Å². The van der Waals surface area contributed by atoms with Gasteiger partial charge in [-0.05, 0) is 30.7 Å². The minimum atomic E-state index is 0.284. The standard InChI is InChI=1S/C19H23BO/c1-3-20(4-2)21-19(18-13-9-6-10-14-18)16-15-17-11-7-5-8-12-17/h5-14,16H,3-4,15H2,1-2H3/b19-16-. The molecule has 0 saturated heterocycles. The van der Waals surface area contributed by atoms with Crippen LogP contribution in [0.25, 0.3) is 5.76 Å². The molecule has 0 spiro atoms. The first-order valence-corrected chi connectivity index (χ1v) is 7.79. The van der Waals surface area contributed by atoms with Crippen LogP contribution >= 0.6 is 0 Å². The van der Waals surface area contributed by atoms with E-state index in [2.05, 4.69) is 68.5 Å². The summed E-state index contributed by atoms with van der Waals surface area (Å²) in [4.78, 5) is 0. The molecule has 0 amide bonds. The number of hydrogen-bond donors (Lipinski definition) is 0. The molecule has 0 unspecified atom stereocenters. The van der Waals surface area contributed by atoms with Crippen molar-refractivity contribution in [1.82, 2.24) is 0 Å². The minimum Gasteiger partial charge on any atom is -0.561 e. The Morgan fingerprint density at radius 3 is 2.05 bits per heavy atom. The van der Waals surface area contributed by atoms with Crippen LogP contribution in [-0.2, 0) is 11.1 Å². The van der Waals surface area contributed by atoms with E-state index in [1.54, 1.807) is 0 Å². The average Bonchev–Trinajstić information content (AvgIpc) is 2.57. The van der Waals surface area contributed by atoms with Crippen LogP contribution in [0.5, 0.6) is 0 Å². The van der Waals surface area contributed by atoms with Crippen molar-refractivity contribution in [2.24, 2.45) is 0 Å². The normalized spacial score (nSPS) is 11.2. The monoisotopic (exact) mass is 278 g/mol. The van der Waals surface area contributed by atoms with Crippen LogP contribution < -0.4 is 0 Å². The van der Waals surface area contributed by atoms with Gasteiger partial charge in [0, 0.05) is 5.56 Å². The molecule has 2 aromatic rings. The van der Waals surface area contributed by atoms with E-state index in [4.69, 9.17) is 4.65 Å². The average molecular weight is 278 g/mol. The molecule has 1 nitrogen and oxygen atoms in total. The lowest BCUT2D eigenvalue weighted by atomic mass is 9.62. The molecule has 2 rings (SSSR count). The highest BCUT2D eigenvalue weighted by molar-refractivity contribution is 6.52. The van der Waals surface area contributed by atoms with Gasteiger partial charge in [-0.1, -0.05) is 74.5 Å². The fourth-order valence-electron chi connectivity index (χ4n) is 2.30. The Morgan fingerprint density at radius 1 is 0.905 bits per heavy atom. The van der Waals surface area contributed by atoms with E-state index in [1.165, 1.54) is 5.56 Å². The Morgan fingerprint density at radius 2 is 1.48 bits per heavy atom. The second kappa shape index (κ2) is 8.36. The van der Waals surface area contributed by atoms with E-state index in [1.807, 2.05) is 12.1 Å². The number of allylic oxidation sites excluding steroid dienone is 1. The van der Waals surface area contributed by atoms with Gasteiger partial charge in [-0.15, -0.1) is 0 Å². The summed E-state index contributed by atoms with van der Waals surface area (Å²) < 4.78 is 6.22. The van der Waals surface area contributed by atoms with Gasteiger partial charge in [0.15, 0.2) is 0 Å². The summed E-state index contributed by atoms with van der Waals surface area (Å²) in [5, 5.41) is 0. The molecule has 0 fully saturated rings. The van der Waals surface area contributed by atoms with Crippen LogP contribution in [-0.4, -0.2) is 6.92 Å². The Bertz CT molecular complexity index is 544. The van der Waals surface area contributed by atoms with E-state index < -0.39 is 0 Å². The predicted molar refractivity (Wildman–Crippen MR) is 92.4 cm³/mol. The van der Waals surface area contributed by atoms with E-state index >= 15 is 0 Å². The van der Waals surface area contributed by atoms with E-state index in [-0.39, 0.29) is 6.92 Å². The zero-order chi connectivity index (χ0) is 14.9. The van der Waals surface area contributed by atoms with Crippen molar-refractivity contribution < 1.29 is 4.65 Å². The summed E-state index contributed by atoms with van der Waals surface area (Å²) in [5.41, 5.74) is 2.46. The molecule has 2 heteroatoms. The van der Waals surface area contributed by atoms with Crippen molar-refractivity contribution in [3.8, 4) is 0 Å². The topological polar surface area (TPSA) is 9.23 Å². The van der Waals surface area contributed by atoms with Crippen LogP contribution in [0.2, 0.25) is 12.6 Å². The summed E-state index contributed by atoms with van der Waals surface area (Å²) in [6.45, 7) is 4.63. The zero-order valence-electron chi connectivity index (χ0n) is 13.0. The fraction of sp³-hybridized carbons (Fsp3) is 0.263. The van der Waals surface area contributed by atoms with Gasteiger partial charge >= 0.3 is 6.92 Å². The first-order valence-electron chi connectivity index (χ1n) is 7.79. The molecule has 0 aliphatic rings. The fourth-order valence-corrected chi connectivity index (χ4v) is 2.30. The van der Waals surface area contributed by atoms with Crippen molar-refractivity contribution in [2.75, 3.05) is 0 Å². The lowest BCUT2D eigenvalue weighted by Crippen LogP contribution is -2.14. The molecule has 0 radical (unpaired) electrons. The zero-order valence-corrected chi connectivity index (χ0v) is 13.0. The van der Waals surface area contributed by atoms with Crippen LogP contribution in [0.15, 0.2) is 66.7 Å². The second-order valence-corrected chi connectivity index (χ2v) is 5.18. The quantitative estimate of drug-likeness (QED) is 0.492. The Balaban J connectivity index is 2.19. The summed E-state index contributed by atoms with van der Waals surface area (Å²) >= 11 is 0. The summed E-state index contributed by atoms with van der Waals surface area (Å²) in [7, 11) is 0. The molecule has 0 bridgehead atoms. The SMILES string of the molecule is CCB(CC)O/C(=C\Cc1ccccc1)c1ccccc1. The van der Waals surface area contributed by atoms with Gasteiger partial charge in [-0.3, -0.25) is 0 Å². The molecule has 0 saturated carbocycles. The highest BCUT2D eigenvalue weighted by Gasteiger charge is 2.14. The van der Waals surface area contributed by atoms with Crippen LogP contribution in [0.4, 0.5) is 0 Å². The van der Waals surface area contributed by atoms with Crippen LogP contribution in [0.1, 0.15) is 25.0 Å². The number of benzene rings is 2. The lowest BCUT2D eigenvalue weighted by Gasteiger charge is -2.16. The summed E-state index contributed by atoms with van der Waals surface area (Å²) in [6.07, 6.45) is 5.16. The van der Waals surface area contributed by atoms with Gasteiger partial charge in [0.05, 0.1) is 0 Å². The van der Waals surface area contributed by atoms with Crippen molar-refractivity contribution in [3.05, 3.63) is 77.9 Å². The van der Waals surface area contributed by atoms with Gasteiger partial charge in [0.1, 0.15) is 5.76 Å². The Hall–Kier alpha value is -1.96. The van der Waals surface area contributed by atoms with Gasteiger partial charge < -0.3 is 4.65 Å². The highest BCUT2D eigenvalue weighted by Crippen LogP contribution is 2.20. The first kappa shape index (κ1) is 15.4. The second-order valence-electron chi connectivity index (χ2n) is 5.18. The molecule has 2 aromatic carbocycles. The van der Waals surface area contributed by atoms with Crippen molar-refractivity contribution in [3.63, 3.8) is 0 Å². The molecular weight excluding hydrogens is 255 g/mol.